The van der Waals surface area contributed by atoms with Crippen molar-refractivity contribution in [3.8, 4) is 24.0 Å². The molecule has 0 saturated carbocycles. The van der Waals surface area contributed by atoms with E-state index in [1.165, 1.54) is 0 Å². The van der Waals surface area contributed by atoms with E-state index in [0.29, 0.717) is 12.0 Å². The summed E-state index contributed by atoms with van der Waals surface area (Å²) in [6.07, 6.45) is 1.21. The molecule has 0 unspecified atom stereocenters. The molecule has 2 aromatic rings. The molecule has 0 aliphatic rings. The van der Waals surface area contributed by atoms with Crippen LogP contribution in [0.5, 0.6) is 0 Å². The molecule has 0 aromatic heterocycles. The van der Waals surface area contributed by atoms with Gasteiger partial charge in [0.1, 0.15) is 0 Å². The van der Waals surface area contributed by atoms with Crippen LogP contribution in [0.2, 0.25) is 0 Å². The zero-order valence-corrected chi connectivity index (χ0v) is 11.6. The fourth-order valence-electron chi connectivity index (χ4n) is 2.01. The molecule has 0 spiro atoms. The van der Waals surface area contributed by atoms with Gasteiger partial charge in [-0.25, -0.2) is 0 Å². The topological polar surface area (TPSA) is 47.6 Å². The Morgan fingerprint density at radius 1 is 0.857 bits per heavy atom. The van der Waals surface area contributed by atoms with E-state index in [0.717, 1.165) is 17.5 Å². The molecule has 2 rings (SSSR count). The van der Waals surface area contributed by atoms with E-state index in [1.54, 1.807) is 12.1 Å². The average molecular weight is 270 g/mol. The van der Waals surface area contributed by atoms with Crippen LogP contribution in [0.25, 0.3) is 0 Å². The Labute approximate surface area is 125 Å². The number of nitriles is 2. The van der Waals surface area contributed by atoms with Crippen LogP contribution in [0.1, 0.15) is 35.4 Å². The third-order valence-electron chi connectivity index (χ3n) is 3.15. The minimum atomic E-state index is 0.0569. The summed E-state index contributed by atoms with van der Waals surface area (Å²) in [5.74, 6) is 6.43. The molecule has 2 nitrogen and oxygen atoms in total. The van der Waals surface area contributed by atoms with Crippen molar-refractivity contribution in [1.29, 1.82) is 10.5 Å². The predicted molar refractivity (Wildman–Crippen MR) is 82.1 cm³/mol. The summed E-state index contributed by atoms with van der Waals surface area (Å²) in [6, 6.07) is 21.5. The Morgan fingerprint density at radius 3 is 2.14 bits per heavy atom. The van der Waals surface area contributed by atoms with Gasteiger partial charge >= 0.3 is 0 Å². The van der Waals surface area contributed by atoms with E-state index in [-0.39, 0.29) is 5.92 Å². The minimum absolute atomic E-state index is 0.0569. The molecule has 2 aromatic carbocycles. The lowest BCUT2D eigenvalue weighted by molar-refractivity contribution is 0.776. The molecule has 0 amide bonds. The number of nitrogens with zero attached hydrogens (tertiary/aromatic N) is 2. The molecule has 21 heavy (non-hydrogen) atoms. The van der Waals surface area contributed by atoms with Gasteiger partial charge in [-0.3, -0.25) is 0 Å². The van der Waals surface area contributed by atoms with Gasteiger partial charge in [0.05, 0.1) is 17.7 Å². The number of hydrogen-bond acceptors (Lipinski definition) is 2. The maximum absolute atomic E-state index is 8.78. The minimum Gasteiger partial charge on any atom is -0.198 e. The van der Waals surface area contributed by atoms with E-state index in [2.05, 4.69) is 24.0 Å². The van der Waals surface area contributed by atoms with E-state index >= 15 is 0 Å². The number of hydrogen-bond donors (Lipinski definition) is 0. The van der Waals surface area contributed by atoms with Crippen molar-refractivity contribution in [2.45, 2.75) is 18.8 Å². The first-order chi connectivity index (χ1) is 10.3. The molecule has 1 atom stereocenters. The van der Waals surface area contributed by atoms with Gasteiger partial charge in [-0.15, -0.1) is 0 Å². The molecule has 0 N–H and O–H groups in total. The molecule has 2 heteroatoms. The second kappa shape index (κ2) is 7.54. The van der Waals surface area contributed by atoms with E-state index in [4.69, 9.17) is 10.5 Å². The van der Waals surface area contributed by atoms with Crippen LogP contribution in [-0.2, 0) is 0 Å². The van der Waals surface area contributed by atoms with Gasteiger partial charge in [-0.2, -0.15) is 10.5 Å². The van der Waals surface area contributed by atoms with Gasteiger partial charge in [0, 0.05) is 17.9 Å². The first-order valence-electron chi connectivity index (χ1n) is 6.77. The largest absolute Gasteiger partial charge is 0.198 e. The van der Waals surface area contributed by atoms with Gasteiger partial charge in [0.15, 0.2) is 0 Å². The monoisotopic (exact) mass is 270 g/mol. The van der Waals surface area contributed by atoms with Gasteiger partial charge in [-0.05, 0) is 36.2 Å². The molecule has 0 aliphatic carbocycles. The third kappa shape index (κ3) is 4.24. The third-order valence-corrected chi connectivity index (χ3v) is 3.15. The SMILES string of the molecule is N#CCC[C@H](C#Cc1ccc(C#N)cc1)c1ccccc1. The fraction of sp³-hybridized carbons (Fsp3) is 0.158. The lowest BCUT2D eigenvalue weighted by atomic mass is 9.94. The summed E-state index contributed by atoms with van der Waals surface area (Å²) in [7, 11) is 0. The van der Waals surface area contributed by atoms with Crippen LogP contribution in [-0.4, -0.2) is 0 Å². The molecule has 0 radical (unpaired) electrons. The molecule has 0 fully saturated rings. The summed E-state index contributed by atoms with van der Waals surface area (Å²) in [6.45, 7) is 0. The van der Waals surface area contributed by atoms with Crippen molar-refractivity contribution < 1.29 is 0 Å². The lowest BCUT2D eigenvalue weighted by Crippen LogP contribution is -1.95. The zero-order chi connectivity index (χ0) is 14.9. The molecular weight excluding hydrogens is 256 g/mol. The van der Waals surface area contributed by atoms with Crippen molar-refractivity contribution in [3.63, 3.8) is 0 Å². The molecule has 0 aliphatic heterocycles. The Bertz CT molecular complexity index is 720. The highest BCUT2D eigenvalue weighted by Gasteiger charge is 2.07. The van der Waals surface area contributed by atoms with Gasteiger partial charge < -0.3 is 0 Å². The Morgan fingerprint density at radius 2 is 1.52 bits per heavy atom. The van der Waals surface area contributed by atoms with Crippen LogP contribution in [0, 0.1) is 34.5 Å². The van der Waals surface area contributed by atoms with Crippen molar-refractivity contribution in [2.75, 3.05) is 0 Å². The molecule has 100 valence electrons. The van der Waals surface area contributed by atoms with E-state index in [9.17, 15) is 0 Å². The maximum Gasteiger partial charge on any atom is 0.0991 e. The average Bonchev–Trinajstić information content (AvgIpc) is 2.56. The fourth-order valence-corrected chi connectivity index (χ4v) is 2.01. The summed E-state index contributed by atoms with van der Waals surface area (Å²) < 4.78 is 0. The van der Waals surface area contributed by atoms with Gasteiger partial charge in [0.25, 0.3) is 0 Å². The second-order valence-electron chi connectivity index (χ2n) is 4.62. The van der Waals surface area contributed by atoms with Crippen LogP contribution in [0.4, 0.5) is 0 Å². The van der Waals surface area contributed by atoms with Crippen molar-refractivity contribution in [3.05, 3.63) is 71.3 Å². The Balaban J connectivity index is 2.21. The van der Waals surface area contributed by atoms with Gasteiger partial charge in [-0.1, -0.05) is 42.2 Å². The van der Waals surface area contributed by atoms with Crippen molar-refractivity contribution in [1.82, 2.24) is 0 Å². The summed E-state index contributed by atoms with van der Waals surface area (Å²) >= 11 is 0. The molecule has 0 heterocycles. The van der Waals surface area contributed by atoms with Crippen LogP contribution in [0.3, 0.4) is 0 Å². The van der Waals surface area contributed by atoms with Crippen molar-refractivity contribution >= 4 is 0 Å². The Hall–Kier alpha value is -3.02. The van der Waals surface area contributed by atoms with E-state index < -0.39 is 0 Å². The highest BCUT2D eigenvalue weighted by molar-refractivity contribution is 5.41. The zero-order valence-electron chi connectivity index (χ0n) is 11.6. The van der Waals surface area contributed by atoms with Crippen molar-refractivity contribution in [2.24, 2.45) is 0 Å². The molecular formula is C19H14N2. The van der Waals surface area contributed by atoms with E-state index in [1.807, 2.05) is 42.5 Å². The quantitative estimate of drug-likeness (QED) is 0.791. The highest BCUT2D eigenvalue weighted by atomic mass is 14.2. The van der Waals surface area contributed by atoms with Crippen LogP contribution >= 0.6 is 0 Å². The van der Waals surface area contributed by atoms with Crippen LogP contribution in [0.15, 0.2) is 54.6 Å². The number of benzene rings is 2. The summed E-state index contributed by atoms with van der Waals surface area (Å²) in [5, 5.41) is 17.6. The van der Waals surface area contributed by atoms with Gasteiger partial charge in [0.2, 0.25) is 0 Å². The smallest absolute Gasteiger partial charge is 0.0991 e. The highest BCUT2D eigenvalue weighted by Crippen LogP contribution is 2.20. The normalized spacial score (nSPS) is 10.6. The Kier molecular flexibility index (Phi) is 5.17. The van der Waals surface area contributed by atoms with Crippen LogP contribution < -0.4 is 0 Å². The maximum atomic E-state index is 8.78. The molecule has 0 saturated heterocycles. The molecule has 0 bridgehead atoms. The summed E-state index contributed by atoms with van der Waals surface area (Å²) in [5.41, 5.74) is 2.64. The first-order valence-corrected chi connectivity index (χ1v) is 6.77. The number of rotatable bonds is 3. The summed E-state index contributed by atoms with van der Waals surface area (Å²) in [4.78, 5) is 0. The second-order valence-corrected chi connectivity index (χ2v) is 4.62. The predicted octanol–water partition coefficient (Wildman–Crippen LogP) is 4.00. The lowest BCUT2D eigenvalue weighted by Gasteiger charge is -2.08. The standard InChI is InChI=1S/C19H14N2/c20-14-4-7-19(18-5-2-1-3-6-18)13-12-16-8-10-17(15-21)11-9-16/h1-3,5-6,8-11,19H,4,7H2/t19-/m1/s1. The first kappa shape index (κ1) is 14.4.